The van der Waals surface area contributed by atoms with Crippen molar-refractivity contribution in [2.24, 2.45) is 11.5 Å². The Morgan fingerprint density at radius 3 is 1.94 bits per heavy atom. The lowest BCUT2D eigenvalue weighted by Crippen LogP contribution is -2.41. The zero-order chi connectivity index (χ0) is 13.7. The maximum absolute atomic E-state index is 11.0. The summed E-state index contributed by atoms with van der Waals surface area (Å²) in [4.78, 5) is 23.6. The van der Waals surface area contributed by atoms with Gasteiger partial charge in [0, 0.05) is 11.7 Å². The molecule has 18 heavy (non-hydrogen) atoms. The molecule has 1 atom stereocenters. The molecule has 1 unspecified atom stereocenters. The van der Waals surface area contributed by atoms with Crippen molar-refractivity contribution in [2.75, 3.05) is 18.8 Å². The third-order valence-corrected chi connectivity index (χ3v) is 2.68. The third-order valence-electron chi connectivity index (χ3n) is 2.68. The number of carbonyl (C=O) groups is 2. The van der Waals surface area contributed by atoms with Gasteiger partial charge in [0.1, 0.15) is 0 Å². The number of carbonyl (C=O) groups excluding carboxylic acids is 2. The number of amides is 2. The number of nitrogens with zero attached hydrogens (tertiary/aromatic N) is 1. The van der Waals surface area contributed by atoms with E-state index in [9.17, 15) is 9.59 Å². The normalized spacial score (nSPS) is 12.3. The minimum absolute atomic E-state index is 0.0194. The average Bonchev–Trinajstić information content (AvgIpc) is 2.27. The van der Waals surface area contributed by atoms with Crippen LogP contribution in [0, 0.1) is 0 Å². The lowest BCUT2D eigenvalue weighted by atomic mass is 10.1. The van der Waals surface area contributed by atoms with Crippen LogP contribution in [0.2, 0.25) is 0 Å². The number of anilines is 1. The molecular formula is C12H18N4O2. The second-order valence-electron chi connectivity index (χ2n) is 4.18. The predicted molar refractivity (Wildman–Crippen MR) is 69.2 cm³/mol. The highest BCUT2D eigenvalue weighted by molar-refractivity contribution is 5.79. The molecule has 2 amide bonds. The van der Waals surface area contributed by atoms with Gasteiger partial charge >= 0.3 is 0 Å². The van der Waals surface area contributed by atoms with Crippen LogP contribution in [0.4, 0.5) is 5.69 Å². The van der Waals surface area contributed by atoms with Crippen molar-refractivity contribution in [3.8, 4) is 0 Å². The number of nitrogen functional groups attached to an aromatic ring is 1. The van der Waals surface area contributed by atoms with E-state index in [-0.39, 0.29) is 19.1 Å². The fourth-order valence-corrected chi connectivity index (χ4v) is 1.72. The number of hydrogen-bond acceptors (Lipinski definition) is 4. The van der Waals surface area contributed by atoms with Crippen molar-refractivity contribution in [3.63, 3.8) is 0 Å². The van der Waals surface area contributed by atoms with Gasteiger partial charge in [0.25, 0.3) is 0 Å². The molecule has 1 rings (SSSR count). The van der Waals surface area contributed by atoms with E-state index < -0.39 is 11.8 Å². The number of hydrogen-bond donors (Lipinski definition) is 3. The Morgan fingerprint density at radius 2 is 1.56 bits per heavy atom. The Bertz CT molecular complexity index is 414. The molecule has 1 aromatic carbocycles. The van der Waals surface area contributed by atoms with E-state index in [1.165, 1.54) is 0 Å². The van der Waals surface area contributed by atoms with Gasteiger partial charge in [-0.15, -0.1) is 0 Å². The number of benzene rings is 1. The Hall–Kier alpha value is -2.08. The van der Waals surface area contributed by atoms with E-state index >= 15 is 0 Å². The van der Waals surface area contributed by atoms with Gasteiger partial charge in [-0.25, -0.2) is 0 Å². The first-order chi connectivity index (χ1) is 8.40. The third kappa shape index (κ3) is 4.06. The number of primary amides is 2. The van der Waals surface area contributed by atoms with Gasteiger partial charge in [0.15, 0.2) is 0 Å². The summed E-state index contributed by atoms with van der Waals surface area (Å²) < 4.78 is 0. The van der Waals surface area contributed by atoms with Crippen molar-refractivity contribution in [2.45, 2.75) is 13.0 Å². The highest BCUT2D eigenvalue weighted by Crippen LogP contribution is 2.20. The van der Waals surface area contributed by atoms with E-state index in [1.54, 1.807) is 17.0 Å². The van der Waals surface area contributed by atoms with Gasteiger partial charge in [-0.1, -0.05) is 12.1 Å². The molecule has 6 nitrogen and oxygen atoms in total. The monoisotopic (exact) mass is 250 g/mol. The second-order valence-corrected chi connectivity index (χ2v) is 4.18. The first-order valence-corrected chi connectivity index (χ1v) is 5.56. The van der Waals surface area contributed by atoms with Crippen LogP contribution in [-0.4, -0.2) is 29.8 Å². The van der Waals surface area contributed by atoms with Crippen LogP contribution in [0.1, 0.15) is 18.5 Å². The van der Waals surface area contributed by atoms with Crippen molar-refractivity contribution in [1.29, 1.82) is 0 Å². The summed E-state index contributed by atoms with van der Waals surface area (Å²) in [6.07, 6.45) is 0. The van der Waals surface area contributed by atoms with E-state index in [1.807, 2.05) is 19.1 Å². The molecule has 0 bridgehead atoms. The highest BCUT2D eigenvalue weighted by Gasteiger charge is 2.19. The number of rotatable bonds is 6. The van der Waals surface area contributed by atoms with E-state index in [2.05, 4.69) is 0 Å². The van der Waals surface area contributed by atoms with Crippen molar-refractivity contribution in [1.82, 2.24) is 4.90 Å². The summed E-state index contributed by atoms with van der Waals surface area (Å²) in [6.45, 7) is 1.83. The molecule has 0 aromatic heterocycles. The second kappa shape index (κ2) is 6.02. The zero-order valence-electron chi connectivity index (χ0n) is 10.3. The molecule has 6 N–H and O–H groups in total. The van der Waals surface area contributed by atoms with Gasteiger partial charge in [0.2, 0.25) is 11.8 Å². The van der Waals surface area contributed by atoms with Gasteiger partial charge in [-0.3, -0.25) is 14.5 Å². The summed E-state index contributed by atoms with van der Waals surface area (Å²) in [5.74, 6) is -1.00. The molecule has 1 aromatic rings. The summed E-state index contributed by atoms with van der Waals surface area (Å²) in [5.41, 5.74) is 17.5. The Morgan fingerprint density at radius 1 is 1.11 bits per heavy atom. The Balaban J connectivity index is 2.86. The smallest absolute Gasteiger partial charge is 0.231 e. The van der Waals surface area contributed by atoms with Crippen LogP contribution in [0.25, 0.3) is 0 Å². The molecular weight excluding hydrogens is 232 g/mol. The molecule has 0 aliphatic heterocycles. The number of nitrogens with two attached hydrogens (primary N) is 3. The standard InChI is InChI=1S/C12H18N4O2/c1-8(9-2-4-10(13)5-3-9)16(6-11(14)17)7-12(15)18/h2-5,8H,6-7,13H2,1H3,(H2,14,17)(H2,15,18). The highest BCUT2D eigenvalue weighted by atomic mass is 16.2. The van der Waals surface area contributed by atoms with Crippen LogP contribution in [-0.2, 0) is 9.59 Å². The molecule has 0 radical (unpaired) electrons. The van der Waals surface area contributed by atoms with E-state index in [0.717, 1.165) is 5.56 Å². The van der Waals surface area contributed by atoms with E-state index in [4.69, 9.17) is 17.2 Å². The fraction of sp³-hybridized carbons (Fsp3) is 0.333. The summed E-state index contributed by atoms with van der Waals surface area (Å²) in [5, 5.41) is 0. The van der Waals surface area contributed by atoms with Crippen LogP contribution in [0.5, 0.6) is 0 Å². The minimum atomic E-state index is -0.501. The summed E-state index contributed by atoms with van der Waals surface area (Å²) in [6, 6.07) is 7.06. The Labute approximate surface area is 106 Å². The Kier molecular flexibility index (Phi) is 4.67. The van der Waals surface area contributed by atoms with Crippen LogP contribution < -0.4 is 17.2 Å². The molecule has 0 aliphatic rings. The first kappa shape index (κ1) is 14.0. The lowest BCUT2D eigenvalue weighted by molar-refractivity contribution is -0.122. The van der Waals surface area contributed by atoms with Gasteiger partial charge in [-0.05, 0) is 24.6 Å². The largest absolute Gasteiger partial charge is 0.399 e. The summed E-state index contributed by atoms with van der Waals surface area (Å²) >= 11 is 0. The van der Waals surface area contributed by atoms with Gasteiger partial charge in [-0.2, -0.15) is 0 Å². The zero-order valence-corrected chi connectivity index (χ0v) is 10.3. The van der Waals surface area contributed by atoms with Crippen LogP contribution in [0.15, 0.2) is 24.3 Å². The van der Waals surface area contributed by atoms with Crippen molar-refractivity contribution in [3.05, 3.63) is 29.8 Å². The topological polar surface area (TPSA) is 115 Å². The predicted octanol–water partition coefficient (Wildman–Crippen LogP) is -0.398. The SMILES string of the molecule is CC(c1ccc(N)cc1)N(CC(N)=O)CC(N)=O. The first-order valence-electron chi connectivity index (χ1n) is 5.56. The van der Waals surface area contributed by atoms with Gasteiger partial charge < -0.3 is 17.2 Å². The molecule has 6 heteroatoms. The molecule has 0 spiro atoms. The molecule has 98 valence electrons. The molecule has 0 saturated heterocycles. The van der Waals surface area contributed by atoms with Gasteiger partial charge in [0.05, 0.1) is 13.1 Å². The molecule has 0 fully saturated rings. The summed E-state index contributed by atoms with van der Waals surface area (Å²) in [7, 11) is 0. The van der Waals surface area contributed by atoms with Crippen molar-refractivity contribution >= 4 is 17.5 Å². The minimum Gasteiger partial charge on any atom is -0.399 e. The molecule has 0 aliphatic carbocycles. The maximum Gasteiger partial charge on any atom is 0.231 e. The van der Waals surface area contributed by atoms with Crippen LogP contribution in [0.3, 0.4) is 0 Å². The molecule has 0 saturated carbocycles. The maximum atomic E-state index is 11.0. The quantitative estimate of drug-likeness (QED) is 0.596. The van der Waals surface area contributed by atoms with E-state index in [0.29, 0.717) is 5.69 Å². The fourth-order valence-electron chi connectivity index (χ4n) is 1.72. The lowest BCUT2D eigenvalue weighted by Gasteiger charge is -2.26. The molecule has 0 heterocycles. The van der Waals surface area contributed by atoms with Crippen LogP contribution >= 0.6 is 0 Å². The average molecular weight is 250 g/mol. The van der Waals surface area contributed by atoms with Crippen molar-refractivity contribution < 1.29 is 9.59 Å².